The van der Waals surface area contributed by atoms with Gasteiger partial charge in [-0.15, -0.1) is 0 Å². The summed E-state index contributed by atoms with van der Waals surface area (Å²) in [6.45, 7) is 0. The summed E-state index contributed by atoms with van der Waals surface area (Å²) in [6.07, 6.45) is -3.10. The van der Waals surface area contributed by atoms with E-state index in [1.165, 1.54) is 47.3 Å². The molecule has 10 heteroatoms. The number of carbonyl (C=O) groups is 1. The lowest BCUT2D eigenvalue weighted by Crippen LogP contribution is -2.13. The van der Waals surface area contributed by atoms with Crippen molar-refractivity contribution < 1.29 is 22.9 Å². The molecular formula is C23H15F3N4O3. The van der Waals surface area contributed by atoms with Crippen molar-refractivity contribution in [2.45, 2.75) is 6.18 Å². The molecule has 0 radical (unpaired) electrons. The number of rotatable bonds is 5. The number of alkyl halides is 3. The Morgan fingerprint density at radius 1 is 0.970 bits per heavy atom. The Hall–Kier alpha value is -4.47. The topological polar surface area (TPSA) is 90.1 Å². The standard InChI is InChI=1S/C23H15F3N4O3/c24-23(25,26)16-5-4-6-17(13-16)27-22(31)20-14-29(18-7-2-1-3-8-18)28-21(20)15-9-11-19(12-10-15)30(32)33/h1-14H,(H,27,31). The lowest BCUT2D eigenvalue weighted by molar-refractivity contribution is -0.384. The zero-order chi connectivity index (χ0) is 23.6. The molecule has 33 heavy (non-hydrogen) atoms. The highest BCUT2D eigenvalue weighted by molar-refractivity contribution is 6.08. The van der Waals surface area contributed by atoms with E-state index in [1.54, 1.807) is 24.3 Å². The van der Waals surface area contributed by atoms with Crippen molar-refractivity contribution in [1.82, 2.24) is 9.78 Å². The highest BCUT2D eigenvalue weighted by Crippen LogP contribution is 2.31. The van der Waals surface area contributed by atoms with Crippen LogP contribution in [0.1, 0.15) is 15.9 Å². The van der Waals surface area contributed by atoms with E-state index in [4.69, 9.17) is 0 Å². The average molecular weight is 452 g/mol. The molecule has 0 aliphatic rings. The largest absolute Gasteiger partial charge is 0.416 e. The van der Waals surface area contributed by atoms with E-state index in [9.17, 15) is 28.1 Å². The SMILES string of the molecule is O=C(Nc1cccc(C(F)(F)F)c1)c1cn(-c2ccccc2)nc1-c1ccc([N+](=O)[O-])cc1. The first kappa shape index (κ1) is 21.8. The van der Waals surface area contributed by atoms with E-state index in [0.717, 1.165) is 12.1 Å². The fourth-order valence-corrected chi connectivity index (χ4v) is 3.18. The third kappa shape index (κ3) is 4.74. The lowest BCUT2D eigenvalue weighted by Gasteiger charge is -2.10. The molecule has 3 aromatic carbocycles. The van der Waals surface area contributed by atoms with Crippen LogP contribution >= 0.6 is 0 Å². The van der Waals surface area contributed by atoms with Gasteiger partial charge in [0, 0.05) is 29.6 Å². The molecule has 166 valence electrons. The summed E-state index contributed by atoms with van der Waals surface area (Å²) in [7, 11) is 0. The minimum Gasteiger partial charge on any atom is -0.322 e. The minimum absolute atomic E-state index is 0.0306. The molecule has 0 aliphatic carbocycles. The van der Waals surface area contributed by atoms with Gasteiger partial charge in [0.2, 0.25) is 0 Å². The third-order valence-electron chi connectivity index (χ3n) is 4.78. The van der Waals surface area contributed by atoms with Crippen molar-refractivity contribution >= 4 is 17.3 Å². The number of carbonyl (C=O) groups excluding carboxylic acids is 1. The van der Waals surface area contributed by atoms with Crippen LogP contribution in [0.15, 0.2) is 85.1 Å². The fraction of sp³-hybridized carbons (Fsp3) is 0.0435. The summed E-state index contributed by atoms with van der Waals surface area (Å²) in [5, 5.41) is 17.9. The number of hydrogen-bond donors (Lipinski definition) is 1. The average Bonchev–Trinajstić information content (AvgIpc) is 3.25. The molecule has 4 aromatic rings. The monoisotopic (exact) mass is 452 g/mol. The minimum atomic E-state index is -4.55. The predicted molar refractivity (Wildman–Crippen MR) is 115 cm³/mol. The maximum Gasteiger partial charge on any atom is 0.416 e. The van der Waals surface area contributed by atoms with Crippen molar-refractivity contribution in [2.75, 3.05) is 5.32 Å². The number of para-hydroxylation sites is 1. The van der Waals surface area contributed by atoms with E-state index in [0.29, 0.717) is 11.3 Å². The van der Waals surface area contributed by atoms with Crippen molar-refractivity contribution in [3.05, 3.63) is 106 Å². The number of anilines is 1. The molecule has 1 heterocycles. The van der Waals surface area contributed by atoms with E-state index >= 15 is 0 Å². The van der Waals surface area contributed by atoms with Crippen LogP contribution in [0.4, 0.5) is 24.5 Å². The Balaban J connectivity index is 1.74. The zero-order valence-electron chi connectivity index (χ0n) is 16.8. The second-order valence-corrected chi connectivity index (χ2v) is 7.01. The molecule has 7 nitrogen and oxygen atoms in total. The van der Waals surface area contributed by atoms with Crippen LogP contribution in [0.2, 0.25) is 0 Å². The van der Waals surface area contributed by atoms with Crippen LogP contribution in [0.25, 0.3) is 16.9 Å². The number of halogens is 3. The molecule has 0 saturated heterocycles. The summed E-state index contributed by atoms with van der Waals surface area (Å²) in [4.78, 5) is 23.4. The van der Waals surface area contributed by atoms with Gasteiger partial charge in [0.25, 0.3) is 11.6 Å². The van der Waals surface area contributed by atoms with Crippen molar-refractivity contribution in [3.8, 4) is 16.9 Å². The molecule has 0 spiro atoms. The summed E-state index contributed by atoms with van der Waals surface area (Å²) in [5.74, 6) is -0.676. The number of non-ortho nitro benzene ring substituents is 1. The maximum atomic E-state index is 13.0. The van der Waals surface area contributed by atoms with Gasteiger partial charge in [-0.25, -0.2) is 4.68 Å². The van der Waals surface area contributed by atoms with E-state index in [1.807, 2.05) is 6.07 Å². The number of hydrogen-bond acceptors (Lipinski definition) is 4. The molecular weight excluding hydrogens is 437 g/mol. The normalized spacial score (nSPS) is 11.2. The van der Waals surface area contributed by atoms with Crippen LogP contribution < -0.4 is 5.32 Å². The van der Waals surface area contributed by atoms with Crippen LogP contribution in [0, 0.1) is 10.1 Å². The molecule has 0 aliphatic heterocycles. The molecule has 4 rings (SSSR count). The van der Waals surface area contributed by atoms with E-state index < -0.39 is 22.6 Å². The summed E-state index contributed by atoms with van der Waals surface area (Å²) >= 11 is 0. The van der Waals surface area contributed by atoms with Crippen LogP contribution in [-0.4, -0.2) is 20.6 Å². The van der Waals surface area contributed by atoms with Gasteiger partial charge in [0.05, 0.1) is 21.7 Å². The van der Waals surface area contributed by atoms with Crippen LogP contribution in [0.5, 0.6) is 0 Å². The predicted octanol–water partition coefficient (Wildman–Crippen LogP) is 5.72. The van der Waals surface area contributed by atoms with Gasteiger partial charge in [-0.1, -0.05) is 24.3 Å². The first-order valence-electron chi connectivity index (χ1n) is 9.61. The molecule has 0 bridgehead atoms. The highest BCUT2D eigenvalue weighted by atomic mass is 19.4. The van der Waals surface area contributed by atoms with Gasteiger partial charge < -0.3 is 5.32 Å². The Morgan fingerprint density at radius 2 is 1.67 bits per heavy atom. The van der Waals surface area contributed by atoms with Gasteiger partial charge >= 0.3 is 6.18 Å². The van der Waals surface area contributed by atoms with Crippen LogP contribution in [0.3, 0.4) is 0 Å². The van der Waals surface area contributed by atoms with Crippen molar-refractivity contribution in [3.63, 3.8) is 0 Å². The van der Waals surface area contributed by atoms with Crippen molar-refractivity contribution in [1.29, 1.82) is 0 Å². The number of benzene rings is 3. The first-order valence-corrected chi connectivity index (χ1v) is 9.61. The molecule has 0 fully saturated rings. The molecule has 0 atom stereocenters. The van der Waals surface area contributed by atoms with Crippen LogP contribution in [-0.2, 0) is 6.18 Å². The Kier molecular flexibility index (Phi) is 5.65. The van der Waals surface area contributed by atoms with Gasteiger partial charge in [0.15, 0.2) is 0 Å². The number of amides is 1. The highest BCUT2D eigenvalue weighted by Gasteiger charge is 2.30. The Labute approximate surface area is 185 Å². The number of nitrogens with zero attached hydrogens (tertiary/aromatic N) is 3. The fourth-order valence-electron chi connectivity index (χ4n) is 3.18. The number of nitro groups is 1. The molecule has 1 N–H and O–H groups in total. The summed E-state index contributed by atoms with van der Waals surface area (Å²) in [5.41, 5.74) is 0.343. The molecule has 0 saturated carbocycles. The number of aromatic nitrogens is 2. The van der Waals surface area contributed by atoms with E-state index in [-0.39, 0.29) is 22.6 Å². The van der Waals surface area contributed by atoms with Gasteiger partial charge in [0.1, 0.15) is 5.69 Å². The maximum absolute atomic E-state index is 13.0. The second-order valence-electron chi connectivity index (χ2n) is 7.01. The molecule has 1 aromatic heterocycles. The van der Waals surface area contributed by atoms with Gasteiger partial charge in [-0.3, -0.25) is 14.9 Å². The summed E-state index contributed by atoms with van der Waals surface area (Å²) < 4.78 is 40.5. The Bertz CT molecular complexity index is 1320. The quantitative estimate of drug-likeness (QED) is 0.310. The van der Waals surface area contributed by atoms with Crippen molar-refractivity contribution in [2.24, 2.45) is 0 Å². The van der Waals surface area contributed by atoms with Gasteiger partial charge in [-0.2, -0.15) is 18.3 Å². The third-order valence-corrected chi connectivity index (χ3v) is 4.78. The number of nitro benzene ring substituents is 1. The van der Waals surface area contributed by atoms with E-state index in [2.05, 4.69) is 10.4 Å². The van der Waals surface area contributed by atoms with Gasteiger partial charge in [-0.05, 0) is 42.5 Å². The smallest absolute Gasteiger partial charge is 0.322 e. The lowest BCUT2D eigenvalue weighted by atomic mass is 10.1. The molecule has 1 amide bonds. The first-order chi connectivity index (χ1) is 15.7. The summed E-state index contributed by atoms with van der Waals surface area (Å²) in [6, 6.07) is 18.7. The molecule has 0 unspecified atom stereocenters. The Morgan fingerprint density at radius 3 is 2.30 bits per heavy atom. The zero-order valence-corrected chi connectivity index (χ0v) is 16.8. The number of nitrogens with one attached hydrogen (secondary N) is 1. The second kappa shape index (κ2) is 8.58.